The Morgan fingerprint density at radius 1 is 1.15 bits per heavy atom. The van der Waals surface area contributed by atoms with Gasteiger partial charge in [0.2, 0.25) is 0 Å². The Hall–Kier alpha value is -2.32. The van der Waals surface area contributed by atoms with Crippen LogP contribution in [0.15, 0.2) is 48.5 Å². The fraction of sp³-hybridized carbons (Fsp3) is 0.105. The van der Waals surface area contributed by atoms with E-state index in [1.54, 1.807) is 24.3 Å². The molecule has 1 heterocycles. The number of amides is 1. The Bertz CT molecular complexity index is 957. The molecule has 0 aliphatic heterocycles. The Balaban J connectivity index is 1.83. The molecule has 8 heteroatoms. The molecule has 0 aliphatic carbocycles. The van der Waals surface area contributed by atoms with E-state index in [9.17, 15) is 13.6 Å². The highest BCUT2D eigenvalue weighted by atomic mass is 35.5. The van der Waals surface area contributed by atoms with Crippen LogP contribution in [0.25, 0.3) is 10.4 Å². The summed E-state index contributed by atoms with van der Waals surface area (Å²) in [5.41, 5.74) is 1.08. The standard InChI is InChI=1S/C19H14ClF2NO3S/c1-25-26-10-11-5-6-13(20)12(9-11)16-7-8-17(27-16)19(24)23-18-14(21)3-2-4-15(18)22/h2-9H,10H2,1H3,(H,23,24). The zero-order chi connectivity index (χ0) is 19.4. The van der Waals surface area contributed by atoms with Gasteiger partial charge in [-0.2, -0.15) is 0 Å². The quantitative estimate of drug-likeness (QED) is 0.421. The van der Waals surface area contributed by atoms with E-state index in [2.05, 4.69) is 10.2 Å². The predicted octanol–water partition coefficient (Wildman–Crippen LogP) is 5.68. The number of carbonyl (C=O) groups is 1. The summed E-state index contributed by atoms with van der Waals surface area (Å²) >= 11 is 7.42. The monoisotopic (exact) mass is 409 g/mol. The third-order valence-corrected chi connectivity index (χ3v) is 5.12. The molecule has 2 aromatic carbocycles. The maximum atomic E-state index is 13.7. The molecular weight excluding hydrogens is 396 g/mol. The smallest absolute Gasteiger partial charge is 0.265 e. The van der Waals surface area contributed by atoms with E-state index < -0.39 is 23.2 Å². The minimum atomic E-state index is -0.839. The fourth-order valence-corrected chi connectivity index (χ4v) is 3.58. The molecule has 0 fully saturated rings. The van der Waals surface area contributed by atoms with Gasteiger partial charge in [0, 0.05) is 15.5 Å². The van der Waals surface area contributed by atoms with Crippen molar-refractivity contribution in [3.63, 3.8) is 0 Å². The zero-order valence-electron chi connectivity index (χ0n) is 14.1. The molecule has 0 atom stereocenters. The van der Waals surface area contributed by atoms with E-state index in [1.165, 1.54) is 13.2 Å². The van der Waals surface area contributed by atoms with Crippen LogP contribution in [0.4, 0.5) is 14.5 Å². The summed E-state index contributed by atoms with van der Waals surface area (Å²) in [6.45, 7) is 0.242. The highest BCUT2D eigenvalue weighted by Gasteiger charge is 2.16. The second kappa shape index (κ2) is 8.58. The van der Waals surface area contributed by atoms with Gasteiger partial charge in [-0.15, -0.1) is 11.3 Å². The van der Waals surface area contributed by atoms with Crippen LogP contribution >= 0.6 is 22.9 Å². The summed E-state index contributed by atoms with van der Waals surface area (Å²) in [6, 6.07) is 12.0. The molecule has 27 heavy (non-hydrogen) atoms. The predicted molar refractivity (Wildman–Crippen MR) is 101 cm³/mol. The van der Waals surface area contributed by atoms with Gasteiger partial charge in [-0.3, -0.25) is 4.79 Å². The molecule has 1 aromatic heterocycles. The molecule has 1 N–H and O–H groups in total. The highest BCUT2D eigenvalue weighted by molar-refractivity contribution is 7.17. The van der Waals surface area contributed by atoms with Gasteiger partial charge in [-0.1, -0.05) is 23.7 Å². The number of hydrogen-bond acceptors (Lipinski definition) is 4. The second-order valence-corrected chi connectivity index (χ2v) is 6.95. The van der Waals surface area contributed by atoms with Crippen LogP contribution in [0.3, 0.4) is 0 Å². The van der Waals surface area contributed by atoms with Crippen molar-refractivity contribution in [1.82, 2.24) is 0 Å². The minimum Gasteiger partial charge on any atom is -0.316 e. The molecule has 1 amide bonds. The molecule has 0 radical (unpaired) electrons. The highest BCUT2D eigenvalue weighted by Crippen LogP contribution is 2.34. The number of anilines is 1. The normalized spacial score (nSPS) is 10.8. The van der Waals surface area contributed by atoms with Gasteiger partial charge in [0.25, 0.3) is 5.91 Å². The van der Waals surface area contributed by atoms with Crippen molar-refractivity contribution in [3.05, 3.63) is 75.6 Å². The molecule has 0 saturated carbocycles. The van der Waals surface area contributed by atoms with Crippen molar-refractivity contribution < 1.29 is 23.4 Å². The lowest BCUT2D eigenvalue weighted by Crippen LogP contribution is -2.12. The zero-order valence-corrected chi connectivity index (χ0v) is 15.7. The number of carbonyl (C=O) groups excluding carboxylic acids is 1. The summed E-state index contributed by atoms with van der Waals surface area (Å²) in [5, 5.41) is 2.77. The van der Waals surface area contributed by atoms with Crippen molar-refractivity contribution in [3.8, 4) is 10.4 Å². The number of para-hydroxylation sites is 1. The lowest BCUT2D eigenvalue weighted by atomic mass is 10.1. The van der Waals surface area contributed by atoms with E-state index in [4.69, 9.17) is 16.5 Å². The van der Waals surface area contributed by atoms with Crippen molar-refractivity contribution in [2.75, 3.05) is 12.4 Å². The molecule has 0 aliphatic rings. The summed E-state index contributed by atoms with van der Waals surface area (Å²) < 4.78 is 27.4. The van der Waals surface area contributed by atoms with Crippen LogP contribution in [-0.2, 0) is 16.4 Å². The van der Waals surface area contributed by atoms with Crippen LogP contribution in [-0.4, -0.2) is 13.0 Å². The first-order valence-corrected chi connectivity index (χ1v) is 8.98. The van der Waals surface area contributed by atoms with Gasteiger partial charge < -0.3 is 5.32 Å². The van der Waals surface area contributed by atoms with Crippen LogP contribution in [0.2, 0.25) is 5.02 Å². The average molecular weight is 410 g/mol. The molecule has 0 bridgehead atoms. The Kier molecular flexibility index (Phi) is 6.18. The second-order valence-electron chi connectivity index (χ2n) is 5.46. The fourth-order valence-electron chi connectivity index (χ4n) is 2.38. The van der Waals surface area contributed by atoms with Crippen LogP contribution in [0.5, 0.6) is 0 Å². The maximum absolute atomic E-state index is 13.7. The SMILES string of the molecule is COOCc1ccc(Cl)c(-c2ccc(C(=O)Nc3c(F)cccc3F)s2)c1. The average Bonchev–Trinajstić information content (AvgIpc) is 3.14. The van der Waals surface area contributed by atoms with Gasteiger partial charge in [-0.25, -0.2) is 18.6 Å². The molecule has 4 nitrogen and oxygen atoms in total. The van der Waals surface area contributed by atoms with E-state index >= 15 is 0 Å². The van der Waals surface area contributed by atoms with Gasteiger partial charge in [0.05, 0.1) is 12.0 Å². The van der Waals surface area contributed by atoms with Crippen LogP contribution in [0, 0.1) is 11.6 Å². The van der Waals surface area contributed by atoms with E-state index in [1.807, 2.05) is 6.07 Å². The third kappa shape index (κ3) is 4.51. The van der Waals surface area contributed by atoms with Gasteiger partial charge in [0.1, 0.15) is 23.9 Å². The van der Waals surface area contributed by atoms with Crippen molar-refractivity contribution in [1.29, 1.82) is 0 Å². The van der Waals surface area contributed by atoms with E-state index in [-0.39, 0.29) is 6.61 Å². The summed E-state index contributed by atoms with van der Waals surface area (Å²) in [5.74, 6) is -2.28. The molecule has 3 aromatic rings. The number of rotatable bonds is 6. The van der Waals surface area contributed by atoms with Crippen molar-refractivity contribution in [2.45, 2.75) is 6.61 Å². The van der Waals surface area contributed by atoms with Gasteiger partial charge in [-0.05, 0) is 42.0 Å². The number of benzene rings is 2. The molecular formula is C19H14ClF2NO3S. The Morgan fingerprint density at radius 2 is 1.89 bits per heavy atom. The summed E-state index contributed by atoms with van der Waals surface area (Å²) in [7, 11) is 1.42. The van der Waals surface area contributed by atoms with Gasteiger partial charge >= 0.3 is 0 Å². The molecule has 3 rings (SSSR count). The van der Waals surface area contributed by atoms with Crippen molar-refractivity contribution in [2.24, 2.45) is 0 Å². The number of hydrogen-bond donors (Lipinski definition) is 1. The minimum absolute atomic E-state index is 0.242. The molecule has 0 saturated heterocycles. The maximum Gasteiger partial charge on any atom is 0.265 e. The Labute approximate surface area is 163 Å². The summed E-state index contributed by atoms with van der Waals surface area (Å²) in [4.78, 5) is 22.9. The summed E-state index contributed by atoms with van der Waals surface area (Å²) in [6.07, 6.45) is 0. The van der Waals surface area contributed by atoms with Gasteiger partial charge in [0.15, 0.2) is 0 Å². The number of thiophene rings is 1. The Morgan fingerprint density at radius 3 is 2.59 bits per heavy atom. The third-order valence-electron chi connectivity index (χ3n) is 3.67. The number of nitrogens with one attached hydrogen (secondary N) is 1. The lowest BCUT2D eigenvalue weighted by Gasteiger charge is -2.07. The first-order chi connectivity index (χ1) is 13.0. The number of halogens is 3. The molecule has 0 unspecified atom stereocenters. The van der Waals surface area contributed by atoms with Crippen LogP contribution < -0.4 is 5.32 Å². The molecule has 140 valence electrons. The van der Waals surface area contributed by atoms with E-state index in [0.717, 1.165) is 39.5 Å². The largest absolute Gasteiger partial charge is 0.316 e. The first kappa shape index (κ1) is 19.4. The topological polar surface area (TPSA) is 47.6 Å². The van der Waals surface area contributed by atoms with Crippen molar-refractivity contribution >= 4 is 34.5 Å². The van der Waals surface area contributed by atoms with Crippen LogP contribution in [0.1, 0.15) is 15.2 Å². The lowest BCUT2D eigenvalue weighted by molar-refractivity contribution is -0.282. The van der Waals surface area contributed by atoms with E-state index in [0.29, 0.717) is 9.90 Å². The molecule has 0 spiro atoms. The first-order valence-electron chi connectivity index (χ1n) is 7.79.